The Morgan fingerprint density at radius 1 is 1.15 bits per heavy atom. The van der Waals surface area contributed by atoms with Gasteiger partial charge in [-0.25, -0.2) is 0 Å². The van der Waals surface area contributed by atoms with Gasteiger partial charge in [0.2, 0.25) is 5.91 Å². The number of carbonyl (C=O) groups is 1. The summed E-state index contributed by atoms with van der Waals surface area (Å²) in [5, 5.41) is 11.2. The fraction of sp³-hybridized carbons (Fsp3) is 0.381. The molecule has 0 spiro atoms. The second-order valence-corrected chi connectivity index (χ2v) is 7.58. The number of ether oxygens (including phenoxy) is 1. The Morgan fingerprint density at radius 2 is 1.89 bits per heavy atom. The molecule has 0 radical (unpaired) electrons. The molecule has 2 aromatic carbocycles. The number of rotatable bonds is 6. The first-order valence-electron chi connectivity index (χ1n) is 9.09. The molecule has 0 aromatic heterocycles. The SMILES string of the molecule is CCC[C@H](CO)N1C(=O)CO[C@H](c2cccc(Cl)c2)C1c1ccc(Cl)cc1. The molecular formula is C21H23Cl2NO3. The minimum Gasteiger partial charge on any atom is -0.394 e. The van der Waals surface area contributed by atoms with E-state index in [1.165, 1.54) is 0 Å². The quantitative estimate of drug-likeness (QED) is 0.748. The van der Waals surface area contributed by atoms with Gasteiger partial charge in [0.1, 0.15) is 12.7 Å². The second kappa shape index (κ2) is 9.07. The number of halogens is 2. The first kappa shape index (κ1) is 20.2. The van der Waals surface area contributed by atoms with E-state index in [4.69, 9.17) is 27.9 Å². The normalized spacial score (nSPS) is 21.3. The van der Waals surface area contributed by atoms with E-state index in [9.17, 15) is 9.90 Å². The van der Waals surface area contributed by atoms with Gasteiger partial charge in [0.05, 0.1) is 18.7 Å². The third kappa shape index (κ3) is 4.46. The molecule has 27 heavy (non-hydrogen) atoms. The summed E-state index contributed by atoms with van der Waals surface area (Å²) in [6.07, 6.45) is 1.20. The van der Waals surface area contributed by atoms with Gasteiger partial charge in [0, 0.05) is 10.0 Å². The average molecular weight is 408 g/mol. The highest BCUT2D eigenvalue weighted by atomic mass is 35.5. The van der Waals surface area contributed by atoms with Crippen LogP contribution in [-0.4, -0.2) is 35.2 Å². The predicted molar refractivity (Wildman–Crippen MR) is 107 cm³/mol. The van der Waals surface area contributed by atoms with E-state index in [-0.39, 0.29) is 37.3 Å². The zero-order chi connectivity index (χ0) is 19.4. The molecule has 0 bridgehead atoms. The van der Waals surface area contributed by atoms with Crippen LogP contribution in [0.4, 0.5) is 0 Å². The van der Waals surface area contributed by atoms with Crippen molar-refractivity contribution in [3.63, 3.8) is 0 Å². The summed E-state index contributed by atoms with van der Waals surface area (Å²) in [6, 6.07) is 14.3. The summed E-state index contributed by atoms with van der Waals surface area (Å²) in [6.45, 7) is 1.92. The van der Waals surface area contributed by atoms with Gasteiger partial charge in [-0.15, -0.1) is 0 Å². The van der Waals surface area contributed by atoms with Gasteiger partial charge in [-0.05, 0) is 41.8 Å². The van der Waals surface area contributed by atoms with Crippen molar-refractivity contribution in [2.24, 2.45) is 0 Å². The van der Waals surface area contributed by atoms with Gasteiger partial charge in [-0.3, -0.25) is 4.79 Å². The smallest absolute Gasteiger partial charge is 0.249 e. The lowest BCUT2D eigenvalue weighted by Crippen LogP contribution is -2.52. The van der Waals surface area contributed by atoms with Crippen molar-refractivity contribution >= 4 is 29.1 Å². The summed E-state index contributed by atoms with van der Waals surface area (Å²) in [5.41, 5.74) is 1.81. The van der Waals surface area contributed by atoms with Gasteiger partial charge in [-0.2, -0.15) is 0 Å². The van der Waals surface area contributed by atoms with Crippen LogP contribution in [0, 0.1) is 0 Å². The lowest BCUT2D eigenvalue weighted by molar-refractivity contribution is -0.165. The summed E-state index contributed by atoms with van der Waals surface area (Å²) in [7, 11) is 0. The molecule has 1 aliphatic heterocycles. The molecule has 144 valence electrons. The molecule has 1 N–H and O–H groups in total. The number of nitrogens with zero attached hydrogens (tertiary/aromatic N) is 1. The van der Waals surface area contributed by atoms with Crippen molar-refractivity contribution in [3.05, 3.63) is 69.7 Å². The van der Waals surface area contributed by atoms with Crippen molar-refractivity contribution in [1.82, 2.24) is 4.90 Å². The van der Waals surface area contributed by atoms with E-state index >= 15 is 0 Å². The standard InChI is InChI=1S/C21H23Cl2NO3/c1-2-4-18(12-25)24-19(26)13-27-21(15-5-3-6-17(23)11-15)20(24)14-7-9-16(22)10-8-14/h3,5-11,18,20-21,25H,2,4,12-13H2,1H3/t18-,20?,21-/m1/s1. The fourth-order valence-electron chi connectivity index (χ4n) is 3.67. The Bertz CT molecular complexity index is 781. The molecule has 1 saturated heterocycles. The Labute approximate surface area is 169 Å². The maximum absolute atomic E-state index is 12.8. The molecule has 1 aliphatic rings. The van der Waals surface area contributed by atoms with Gasteiger partial charge >= 0.3 is 0 Å². The van der Waals surface area contributed by atoms with Crippen LogP contribution in [0.25, 0.3) is 0 Å². The van der Waals surface area contributed by atoms with Gasteiger partial charge in [0.15, 0.2) is 0 Å². The molecule has 1 unspecified atom stereocenters. The Kier molecular flexibility index (Phi) is 6.77. The molecule has 1 fully saturated rings. The zero-order valence-electron chi connectivity index (χ0n) is 15.1. The van der Waals surface area contributed by atoms with Gasteiger partial charge < -0.3 is 14.7 Å². The fourth-order valence-corrected chi connectivity index (χ4v) is 3.99. The van der Waals surface area contributed by atoms with Crippen molar-refractivity contribution in [2.45, 2.75) is 38.0 Å². The number of carbonyl (C=O) groups excluding carboxylic acids is 1. The number of aliphatic hydroxyl groups excluding tert-OH is 1. The minimum absolute atomic E-state index is 0.0263. The van der Waals surface area contributed by atoms with Crippen molar-refractivity contribution in [1.29, 1.82) is 0 Å². The summed E-state index contributed by atoms with van der Waals surface area (Å²) >= 11 is 12.2. The van der Waals surface area contributed by atoms with E-state index in [0.717, 1.165) is 17.5 Å². The van der Waals surface area contributed by atoms with Crippen molar-refractivity contribution in [3.8, 4) is 0 Å². The van der Waals surface area contributed by atoms with Crippen molar-refractivity contribution in [2.75, 3.05) is 13.2 Å². The van der Waals surface area contributed by atoms with Gasteiger partial charge in [0.25, 0.3) is 0 Å². The van der Waals surface area contributed by atoms with Gasteiger partial charge in [-0.1, -0.05) is 60.8 Å². The van der Waals surface area contributed by atoms with Crippen LogP contribution in [0.3, 0.4) is 0 Å². The highest BCUT2D eigenvalue weighted by Crippen LogP contribution is 2.42. The lowest BCUT2D eigenvalue weighted by Gasteiger charge is -2.45. The number of aliphatic hydroxyl groups is 1. The molecule has 4 nitrogen and oxygen atoms in total. The molecule has 1 heterocycles. The molecule has 1 amide bonds. The summed E-state index contributed by atoms with van der Waals surface area (Å²) in [5.74, 6) is -0.124. The van der Waals surface area contributed by atoms with Crippen LogP contribution in [0.15, 0.2) is 48.5 Å². The van der Waals surface area contributed by atoms with E-state index in [2.05, 4.69) is 0 Å². The Balaban J connectivity index is 2.08. The molecule has 3 rings (SSSR count). The number of morpholine rings is 1. The molecule has 2 aromatic rings. The highest BCUT2D eigenvalue weighted by Gasteiger charge is 2.41. The molecule has 3 atom stereocenters. The average Bonchev–Trinajstić information content (AvgIpc) is 2.67. The number of amides is 1. The highest BCUT2D eigenvalue weighted by molar-refractivity contribution is 6.30. The third-order valence-electron chi connectivity index (χ3n) is 4.88. The maximum Gasteiger partial charge on any atom is 0.249 e. The van der Waals surface area contributed by atoms with Crippen LogP contribution >= 0.6 is 23.2 Å². The summed E-state index contributed by atoms with van der Waals surface area (Å²) in [4.78, 5) is 14.6. The first-order valence-corrected chi connectivity index (χ1v) is 9.85. The minimum atomic E-state index is -0.381. The number of hydrogen-bond acceptors (Lipinski definition) is 3. The van der Waals surface area contributed by atoms with Crippen molar-refractivity contribution < 1.29 is 14.6 Å². The van der Waals surface area contributed by atoms with E-state index in [0.29, 0.717) is 16.5 Å². The molecule has 0 aliphatic carbocycles. The lowest BCUT2D eigenvalue weighted by atomic mass is 9.91. The second-order valence-electron chi connectivity index (χ2n) is 6.71. The predicted octanol–water partition coefficient (Wildman–Crippen LogP) is 4.80. The maximum atomic E-state index is 12.8. The van der Waals surface area contributed by atoms with E-state index in [1.54, 1.807) is 17.0 Å². The van der Waals surface area contributed by atoms with E-state index in [1.807, 2.05) is 43.3 Å². The third-order valence-corrected chi connectivity index (χ3v) is 5.36. The van der Waals surface area contributed by atoms with Crippen LogP contribution in [0.5, 0.6) is 0 Å². The number of hydrogen-bond donors (Lipinski definition) is 1. The zero-order valence-corrected chi connectivity index (χ0v) is 16.7. The molecule has 0 saturated carbocycles. The first-order chi connectivity index (χ1) is 13.0. The Morgan fingerprint density at radius 3 is 2.52 bits per heavy atom. The van der Waals surface area contributed by atoms with E-state index < -0.39 is 0 Å². The monoisotopic (exact) mass is 407 g/mol. The largest absolute Gasteiger partial charge is 0.394 e. The van der Waals surface area contributed by atoms with Crippen LogP contribution < -0.4 is 0 Å². The van der Waals surface area contributed by atoms with Crippen LogP contribution in [0.2, 0.25) is 10.0 Å². The summed E-state index contributed by atoms with van der Waals surface area (Å²) < 4.78 is 5.97. The molecule has 6 heteroatoms. The van der Waals surface area contributed by atoms with Crippen LogP contribution in [-0.2, 0) is 9.53 Å². The number of benzene rings is 2. The van der Waals surface area contributed by atoms with Crippen LogP contribution in [0.1, 0.15) is 43.0 Å². The molecular weight excluding hydrogens is 385 g/mol. The Hall–Kier alpha value is -1.59. The topological polar surface area (TPSA) is 49.8 Å².